The minimum atomic E-state index is -4.46. The second-order valence-corrected chi connectivity index (χ2v) is 11.4. The summed E-state index contributed by atoms with van der Waals surface area (Å²) >= 11 is 7.50. The van der Waals surface area contributed by atoms with Gasteiger partial charge >= 0.3 is 12.2 Å². The molecular formula is C20H25ClN4O6S2. The molecule has 13 heteroatoms. The lowest BCUT2D eigenvalue weighted by Crippen LogP contribution is -2.41. The predicted octanol–water partition coefficient (Wildman–Crippen LogP) is 4.40. The Labute approximate surface area is 201 Å². The molecule has 0 saturated carbocycles. The zero-order valence-electron chi connectivity index (χ0n) is 18.5. The van der Waals surface area contributed by atoms with Gasteiger partial charge in [-0.05, 0) is 51.8 Å². The Morgan fingerprint density at radius 1 is 1.36 bits per heavy atom. The highest BCUT2D eigenvalue weighted by atomic mass is 35.5. The SMILES string of the molecule is Cc1cc(S(=O)(=O)N(C(=O)OC(C)(C)C)c2cscn2)c(Cl)cc1N[C@H]1CCN(C(=O)O)C1. The summed E-state index contributed by atoms with van der Waals surface area (Å²) in [5.74, 6) is -0.0927. The summed E-state index contributed by atoms with van der Waals surface area (Å²) in [7, 11) is -4.46. The smallest absolute Gasteiger partial charge is 0.430 e. The number of benzene rings is 1. The monoisotopic (exact) mass is 516 g/mol. The highest BCUT2D eigenvalue weighted by Gasteiger charge is 2.37. The van der Waals surface area contributed by atoms with E-state index in [9.17, 15) is 18.0 Å². The Hall–Kier alpha value is -2.57. The Morgan fingerprint density at radius 2 is 2.06 bits per heavy atom. The number of likely N-dealkylation sites (tertiary alicyclic amines) is 1. The van der Waals surface area contributed by atoms with Crippen molar-refractivity contribution in [2.24, 2.45) is 0 Å². The van der Waals surface area contributed by atoms with Crippen LogP contribution in [-0.2, 0) is 14.8 Å². The number of hydrogen-bond acceptors (Lipinski definition) is 8. The van der Waals surface area contributed by atoms with Crippen molar-refractivity contribution in [3.63, 3.8) is 0 Å². The zero-order chi connectivity index (χ0) is 24.6. The molecule has 2 amide bonds. The van der Waals surface area contributed by atoms with Crippen LogP contribution in [0.25, 0.3) is 0 Å². The van der Waals surface area contributed by atoms with Crippen molar-refractivity contribution >= 4 is 56.7 Å². The van der Waals surface area contributed by atoms with Gasteiger partial charge in [-0.2, -0.15) is 0 Å². The third kappa shape index (κ3) is 5.68. The average molecular weight is 517 g/mol. The molecule has 2 heterocycles. The molecule has 3 rings (SSSR count). The molecule has 2 aromatic rings. The fourth-order valence-electron chi connectivity index (χ4n) is 3.30. The van der Waals surface area contributed by atoms with Gasteiger partial charge in [0.05, 0.1) is 10.5 Å². The van der Waals surface area contributed by atoms with Crippen LogP contribution in [0.3, 0.4) is 0 Å². The number of thiazole rings is 1. The second kappa shape index (κ2) is 9.35. The maximum Gasteiger partial charge on any atom is 0.430 e. The van der Waals surface area contributed by atoms with Crippen LogP contribution in [0, 0.1) is 6.92 Å². The number of ether oxygens (including phenoxy) is 1. The minimum absolute atomic E-state index is 0.0927. The van der Waals surface area contributed by atoms with E-state index in [1.807, 2.05) is 0 Å². The first kappa shape index (κ1) is 25.1. The van der Waals surface area contributed by atoms with E-state index < -0.39 is 27.8 Å². The molecule has 2 N–H and O–H groups in total. The van der Waals surface area contributed by atoms with E-state index >= 15 is 0 Å². The normalized spacial score (nSPS) is 16.5. The largest absolute Gasteiger partial charge is 0.465 e. The first-order valence-corrected chi connectivity index (χ1v) is 12.8. The van der Waals surface area contributed by atoms with Gasteiger partial charge in [0.15, 0.2) is 5.82 Å². The minimum Gasteiger partial charge on any atom is -0.465 e. The van der Waals surface area contributed by atoms with Crippen molar-refractivity contribution in [3.05, 3.63) is 33.6 Å². The molecule has 1 atom stereocenters. The quantitative estimate of drug-likeness (QED) is 0.598. The van der Waals surface area contributed by atoms with Crippen molar-refractivity contribution in [1.29, 1.82) is 0 Å². The Balaban J connectivity index is 1.94. The number of nitrogens with one attached hydrogen (secondary N) is 1. The number of carboxylic acid groups (broad SMARTS) is 1. The number of carbonyl (C=O) groups is 2. The van der Waals surface area contributed by atoms with Crippen molar-refractivity contribution in [1.82, 2.24) is 9.88 Å². The van der Waals surface area contributed by atoms with Gasteiger partial charge in [0, 0.05) is 30.2 Å². The molecule has 1 saturated heterocycles. The summed E-state index contributed by atoms with van der Waals surface area (Å²) in [5.41, 5.74) is 1.62. The van der Waals surface area contributed by atoms with Crippen LogP contribution in [0.5, 0.6) is 0 Å². The van der Waals surface area contributed by atoms with Gasteiger partial charge in [-0.25, -0.2) is 23.0 Å². The van der Waals surface area contributed by atoms with Crippen LogP contribution in [0.2, 0.25) is 5.02 Å². The van der Waals surface area contributed by atoms with E-state index in [1.54, 1.807) is 27.7 Å². The number of sulfonamides is 1. The van der Waals surface area contributed by atoms with Gasteiger partial charge in [-0.3, -0.25) is 0 Å². The average Bonchev–Trinajstić information content (AvgIpc) is 3.35. The molecule has 1 aliphatic heterocycles. The third-order valence-electron chi connectivity index (χ3n) is 4.80. The maximum atomic E-state index is 13.5. The number of aryl methyl sites for hydroxylation is 1. The van der Waals surface area contributed by atoms with Crippen LogP contribution >= 0.6 is 22.9 Å². The summed E-state index contributed by atoms with van der Waals surface area (Å²) in [6.45, 7) is 7.30. The molecule has 1 fully saturated rings. The van der Waals surface area contributed by atoms with Crippen molar-refractivity contribution < 1.29 is 27.9 Å². The Morgan fingerprint density at radius 3 is 2.61 bits per heavy atom. The second-order valence-electron chi connectivity index (χ2n) is 8.55. The molecule has 0 radical (unpaired) electrons. The lowest BCUT2D eigenvalue weighted by Gasteiger charge is -2.26. The predicted molar refractivity (Wildman–Crippen MR) is 126 cm³/mol. The molecular weight excluding hydrogens is 492 g/mol. The summed E-state index contributed by atoms with van der Waals surface area (Å²) in [6, 6.07) is 2.70. The van der Waals surface area contributed by atoms with Crippen molar-refractivity contribution in [3.8, 4) is 0 Å². The van der Waals surface area contributed by atoms with Crippen molar-refractivity contribution in [2.75, 3.05) is 22.7 Å². The summed E-state index contributed by atoms with van der Waals surface area (Å²) in [4.78, 5) is 29.0. The highest BCUT2D eigenvalue weighted by molar-refractivity contribution is 7.93. The van der Waals surface area contributed by atoms with E-state index in [4.69, 9.17) is 21.4 Å². The fourth-order valence-corrected chi connectivity index (χ4v) is 5.75. The summed E-state index contributed by atoms with van der Waals surface area (Å²) in [5, 5.41) is 13.7. The number of halogens is 1. The number of rotatable bonds is 5. The molecule has 1 aromatic heterocycles. The van der Waals surface area contributed by atoms with Gasteiger partial charge in [0.25, 0.3) is 10.0 Å². The molecule has 1 aromatic carbocycles. The van der Waals surface area contributed by atoms with Crippen LogP contribution in [0.4, 0.5) is 21.1 Å². The molecule has 0 bridgehead atoms. The summed E-state index contributed by atoms with van der Waals surface area (Å²) in [6.07, 6.45) is -1.47. The number of anilines is 2. The van der Waals surface area contributed by atoms with E-state index in [2.05, 4.69) is 10.3 Å². The van der Waals surface area contributed by atoms with Crippen LogP contribution < -0.4 is 9.62 Å². The van der Waals surface area contributed by atoms with Gasteiger partial charge < -0.3 is 20.1 Å². The van der Waals surface area contributed by atoms with E-state index in [0.717, 1.165) is 11.3 Å². The first-order chi connectivity index (χ1) is 15.3. The van der Waals surface area contributed by atoms with Gasteiger partial charge in [0.1, 0.15) is 10.5 Å². The van der Waals surface area contributed by atoms with E-state index in [-0.39, 0.29) is 21.8 Å². The number of nitrogens with zero attached hydrogens (tertiary/aromatic N) is 3. The zero-order valence-corrected chi connectivity index (χ0v) is 20.9. The maximum absolute atomic E-state index is 13.5. The third-order valence-corrected chi connectivity index (χ3v) is 7.51. The van der Waals surface area contributed by atoms with Crippen LogP contribution in [0.15, 0.2) is 27.9 Å². The first-order valence-electron chi connectivity index (χ1n) is 10.0. The van der Waals surface area contributed by atoms with Crippen molar-refractivity contribution in [2.45, 2.75) is 50.7 Å². The molecule has 33 heavy (non-hydrogen) atoms. The molecule has 0 aliphatic carbocycles. The van der Waals surface area contributed by atoms with Crippen LogP contribution in [0.1, 0.15) is 32.8 Å². The van der Waals surface area contributed by atoms with E-state index in [1.165, 1.54) is 27.9 Å². The molecule has 0 unspecified atom stereocenters. The lowest BCUT2D eigenvalue weighted by molar-refractivity contribution is 0.0608. The van der Waals surface area contributed by atoms with E-state index in [0.29, 0.717) is 35.1 Å². The number of carbonyl (C=O) groups excluding carboxylic acids is 1. The summed E-state index contributed by atoms with van der Waals surface area (Å²) < 4.78 is 32.8. The topological polar surface area (TPSA) is 129 Å². The fraction of sp³-hybridized carbons (Fsp3) is 0.450. The Bertz CT molecular complexity index is 1150. The Kier molecular flexibility index (Phi) is 7.10. The van der Waals surface area contributed by atoms with Gasteiger partial charge in [-0.15, -0.1) is 15.6 Å². The molecule has 10 nitrogen and oxygen atoms in total. The van der Waals surface area contributed by atoms with Crippen LogP contribution in [-0.4, -0.2) is 60.3 Å². The molecule has 0 spiro atoms. The number of aromatic nitrogens is 1. The standard InChI is InChI=1S/C20H25ClN4O6S2/c1-12-7-16(14(21)8-15(12)23-13-5-6-24(9-13)18(26)27)33(29,30)25(17-10-32-11-22-17)19(28)31-20(2,3)4/h7-8,10-11,13,23H,5-6,9H2,1-4H3,(H,26,27)/t13-/m0/s1. The molecule has 1 aliphatic rings. The van der Waals surface area contributed by atoms with Gasteiger partial charge in [0.2, 0.25) is 0 Å². The highest BCUT2D eigenvalue weighted by Crippen LogP contribution is 2.34. The number of hydrogen-bond donors (Lipinski definition) is 2. The lowest BCUT2D eigenvalue weighted by atomic mass is 10.1. The number of amides is 2. The van der Waals surface area contributed by atoms with Gasteiger partial charge in [-0.1, -0.05) is 11.6 Å². The molecule has 180 valence electrons.